The third-order valence-corrected chi connectivity index (χ3v) is 3.88. The normalized spacial score (nSPS) is 16.7. The molecule has 3 heteroatoms. The molecule has 1 aromatic rings. The van der Waals surface area contributed by atoms with Gasteiger partial charge in [0.2, 0.25) is 0 Å². The van der Waals surface area contributed by atoms with Gasteiger partial charge in [-0.05, 0) is 43.4 Å². The SMILES string of the molecule is CCC1(NCc2ccc(OCC#N)cc2)CCC1. The molecule has 18 heavy (non-hydrogen) atoms. The molecule has 0 spiro atoms. The van der Waals surface area contributed by atoms with Crippen molar-refractivity contribution >= 4 is 0 Å². The van der Waals surface area contributed by atoms with E-state index in [1.807, 2.05) is 18.2 Å². The molecule has 0 aliphatic heterocycles. The molecule has 1 aromatic carbocycles. The van der Waals surface area contributed by atoms with Crippen molar-refractivity contribution in [3.63, 3.8) is 0 Å². The van der Waals surface area contributed by atoms with Gasteiger partial charge in [-0.2, -0.15) is 5.26 Å². The lowest BCUT2D eigenvalue weighted by Gasteiger charge is -2.42. The maximum absolute atomic E-state index is 8.43. The van der Waals surface area contributed by atoms with E-state index in [9.17, 15) is 0 Å². The number of benzene rings is 1. The number of hydrogen-bond acceptors (Lipinski definition) is 3. The van der Waals surface area contributed by atoms with Crippen LogP contribution in [0.5, 0.6) is 5.75 Å². The molecule has 1 N–H and O–H groups in total. The van der Waals surface area contributed by atoms with Gasteiger partial charge in [0.25, 0.3) is 0 Å². The van der Waals surface area contributed by atoms with Crippen LogP contribution in [-0.2, 0) is 6.54 Å². The minimum absolute atomic E-state index is 0.108. The second-order valence-corrected chi connectivity index (χ2v) is 4.93. The average molecular weight is 244 g/mol. The average Bonchev–Trinajstić information content (AvgIpc) is 2.37. The fraction of sp³-hybridized carbons (Fsp3) is 0.533. The quantitative estimate of drug-likeness (QED) is 0.836. The van der Waals surface area contributed by atoms with Crippen LogP contribution in [-0.4, -0.2) is 12.1 Å². The molecular weight excluding hydrogens is 224 g/mol. The van der Waals surface area contributed by atoms with Gasteiger partial charge in [-0.15, -0.1) is 0 Å². The van der Waals surface area contributed by atoms with Gasteiger partial charge in [0.15, 0.2) is 6.61 Å². The lowest BCUT2D eigenvalue weighted by atomic mass is 9.75. The summed E-state index contributed by atoms with van der Waals surface area (Å²) >= 11 is 0. The summed E-state index contributed by atoms with van der Waals surface area (Å²) in [4.78, 5) is 0. The second kappa shape index (κ2) is 5.88. The topological polar surface area (TPSA) is 45.0 Å². The highest BCUT2D eigenvalue weighted by Gasteiger charge is 2.33. The Morgan fingerprint density at radius 3 is 2.56 bits per heavy atom. The van der Waals surface area contributed by atoms with Crippen LogP contribution in [0.1, 0.15) is 38.2 Å². The van der Waals surface area contributed by atoms with Crippen molar-refractivity contribution in [1.29, 1.82) is 5.26 Å². The molecule has 1 saturated carbocycles. The Morgan fingerprint density at radius 2 is 2.06 bits per heavy atom. The van der Waals surface area contributed by atoms with Crippen LogP contribution < -0.4 is 10.1 Å². The summed E-state index contributed by atoms with van der Waals surface area (Å²) < 4.78 is 5.23. The molecule has 1 aliphatic rings. The van der Waals surface area contributed by atoms with Crippen molar-refractivity contribution in [2.24, 2.45) is 0 Å². The first-order valence-electron chi connectivity index (χ1n) is 6.62. The lowest BCUT2D eigenvalue weighted by molar-refractivity contribution is 0.175. The molecule has 0 amide bonds. The van der Waals surface area contributed by atoms with Crippen LogP contribution in [0.4, 0.5) is 0 Å². The summed E-state index contributed by atoms with van der Waals surface area (Å²) in [5.41, 5.74) is 1.65. The third kappa shape index (κ3) is 3.02. The van der Waals surface area contributed by atoms with E-state index in [1.54, 1.807) is 0 Å². The van der Waals surface area contributed by atoms with Crippen LogP contribution in [0.15, 0.2) is 24.3 Å². The lowest BCUT2D eigenvalue weighted by Crippen LogP contribution is -2.49. The van der Waals surface area contributed by atoms with Gasteiger partial charge in [-0.3, -0.25) is 0 Å². The Hall–Kier alpha value is -1.53. The van der Waals surface area contributed by atoms with Crippen molar-refractivity contribution in [2.75, 3.05) is 6.61 Å². The molecule has 0 aromatic heterocycles. The molecule has 0 radical (unpaired) electrons. The van der Waals surface area contributed by atoms with Crippen molar-refractivity contribution in [3.05, 3.63) is 29.8 Å². The minimum atomic E-state index is 0.108. The molecule has 0 bridgehead atoms. The molecule has 2 rings (SSSR count). The summed E-state index contributed by atoms with van der Waals surface area (Å²) in [6.07, 6.45) is 5.15. The summed E-state index contributed by atoms with van der Waals surface area (Å²) in [5.74, 6) is 0.758. The molecule has 1 fully saturated rings. The number of ether oxygens (including phenoxy) is 1. The maximum Gasteiger partial charge on any atom is 0.174 e. The van der Waals surface area contributed by atoms with E-state index in [2.05, 4.69) is 24.4 Å². The fourth-order valence-electron chi connectivity index (χ4n) is 2.37. The predicted octanol–water partition coefficient (Wildman–Crippen LogP) is 3.01. The third-order valence-electron chi connectivity index (χ3n) is 3.88. The van der Waals surface area contributed by atoms with E-state index < -0.39 is 0 Å². The Bertz CT molecular complexity index is 410. The Morgan fingerprint density at radius 1 is 1.33 bits per heavy atom. The molecule has 0 atom stereocenters. The van der Waals surface area contributed by atoms with E-state index in [-0.39, 0.29) is 6.61 Å². The van der Waals surface area contributed by atoms with Gasteiger partial charge in [0, 0.05) is 12.1 Å². The van der Waals surface area contributed by atoms with Crippen molar-refractivity contribution in [1.82, 2.24) is 5.32 Å². The maximum atomic E-state index is 8.43. The van der Waals surface area contributed by atoms with Gasteiger partial charge in [-0.25, -0.2) is 0 Å². The van der Waals surface area contributed by atoms with Gasteiger partial charge in [-0.1, -0.05) is 19.1 Å². The van der Waals surface area contributed by atoms with Gasteiger partial charge in [0.1, 0.15) is 11.8 Å². The van der Waals surface area contributed by atoms with Gasteiger partial charge >= 0.3 is 0 Å². The summed E-state index contributed by atoms with van der Waals surface area (Å²) in [6, 6.07) is 9.93. The Labute approximate surface area is 109 Å². The first kappa shape index (κ1) is 12.9. The van der Waals surface area contributed by atoms with Crippen LogP contribution in [0.25, 0.3) is 0 Å². The first-order valence-corrected chi connectivity index (χ1v) is 6.62. The zero-order valence-corrected chi connectivity index (χ0v) is 10.9. The van der Waals surface area contributed by atoms with E-state index >= 15 is 0 Å². The molecule has 0 heterocycles. The number of nitrogens with one attached hydrogen (secondary N) is 1. The van der Waals surface area contributed by atoms with Crippen molar-refractivity contribution in [3.8, 4) is 11.8 Å². The minimum Gasteiger partial charge on any atom is -0.479 e. The van der Waals surface area contributed by atoms with E-state index in [0.29, 0.717) is 5.54 Å². The molecule has 96 valence electrons. The smallest absolute Gasteiger partial charge is 0.174 e. The highest BCUT2D eigenvalue weighted by atomic mass is 16.5. The fourth-order valence-corrected chi connectivity index (χ4v) is 2.37. The molecule has 0 saturated heterocycles. The zero-order chi connectivity index (χ0) is 12.8. The first-order chi connectivity index (χ1) is 8.78. The monoisotopic (exact) mass is 244 g/mol. The molecular formula is C15H20N2O. The number of nitriles is 1. The summed E-state index contributed by atoms with van der Waals surface area (Å²) in [6.45, 7) is 3.27. The van der Waals surface area contributed by atoms with E-state index in [4.69, 9.17) is 10.00 Å². The van der Waals surface area contributed by atoms with Crippen molar-refractivity contribution < 1.29 is 4.74 Å². The highest BCUT2D eigenvalue weighted by molar-refractivity contribution is 5.27. The predicted molar refractivity (Wildman–Crippen MR) is 71.3 cm³/mol. The Kier molecular flexibility index (Phi) is 4.22. The highest BCUT2D eigenvalue weighted by Crippen LogP contribution is 2.34. The molecule has 0 unspecified atom stereocenters. The zero-order valence-electron chi connectivity index (χ0n) is 10.9. The largest absolute Gasteiger partial charge is 0.479 e. The van der Waals surface area contributed by atoms with Crippen LogP contribution in [0, 0.1) is 11.3 Å². The molecule has 1 aliphatic carbocycles. The summed E-state index contributed by atoms with van der Waals surface area (Å²) in [7, 11) is 0. The van der Waals surface area contributed by atoms with E-state index in [1.165, 1.54) is 31.2 Å². The summed E-state index contributed by atoms with van der Waals surface area (Å²) in [5, 5.41) is 12.1. The standard InChI is InChI=1S/C15H20N2O/c1-2-15(8-3-9-15)17-12-13-4-6-14(7-5-13)18-11-10-16/h4-7,17H,2-3,8-9,11-12H2,1H3. The van der Waals surface area contributed by atoms with Crippen LogP contribution in [0.3, 0.4) is 0 Å². The van der Waals surface area contributed by atoms with Crippen molar-refractivity contribution in [2.45, 2.75) is 44.7 Å². The number of nitrogens with zero attached hydrogens (tertiary/aromatic N) is 1. The van der Waals surface area contributed by atoms with Gasteiger partial charge in [0.05, 0.1) is 0 Å². The second-order valence-electron chi connectivity index (χ2n) is 4.93. The number of hydrogen-bond donors (Lipinski definition) is 1. The van der Waals surface area contributed by atoms with Crippen LogP contribution >= 0.6 is 0 Å². The van der Waals surface area contributed by atoms with Gasteiger partial charge < -0.3 is 10.1 Å². The van der Waals surface area contributed by atoms with Crippen LogP contribution in [0.2, 0.25) is 0 Å². The molecule has 3 nitrogen and oxygen atoms in total. The van der Waals surface area contributed by atoms with E-state index in [0.717, 1.165) is 12.3 Å². The Balaban J connectivity index is 1.85. The number of rotatable bonds is 6.